The molecule has 0 radical (unpaired) electrons. The maximum absolute atomic E-state index is 10.8. The molecule has 1 atom stereocenters. The van der Waals surface area contributed by atoms with Gasteiger partial charge in [0.15, 0.2) is 6.29 Å². The molecular weight excluding hydrogens is 280 g/mol. The second-order valence-electron chi connectivity index (χ2n) is 5.24. The van der Waals surface area contributed by atoms with Gasteiger partial charge >= 0.3 is 0 Å². The Morgan fingerprint density at radius 2 is 2.14 bits per heavy atom. The van der Waals surface area contributed by atoms with E-state index in [2.05, 4.69) is 4.98 Å². The molecule has 0 aliphatic carbocycles. The SMILES string of the molecule is CCOC(O)CCc1ccc2cc(CCC(N)=O)ccc2n1. The van der Waals surface area contributed by atoms with Gasteiger partial charge in [0.1, 0.15) is 0 Å². The van der Waals surface area contributed by atoms with Crippen LogP contribution in [0.5, 0.6) is 0 Å². The van der Waals surface area contributed by atoms with Crippen LogP contribution in [0.1, 0.15) is 31.0 Å². The number of pyridine rings is 1. The zero-order chi connectivity index (χ0) is 15.9. The van der Waals surface area contributed by atoms with E-state index in [9.17, 15) is 9.90 Å². The van der Waals surface area contributed by atoms with Crippen molar-refractivity contribution >= 4 is 16.8 Å². The molecule has 0 saturated heterocycles. The lowest BCUT2D eigenvalue weighted by molar-refractivity contribution is -0.118. The molecule has 22 heavy (non-hydrogen) atoms. The maximum Gasteiger partial charge on any atom is 0.217 e. The highest BCUT2D eigenvalue weighted by Crippen LogP contribution is 2.17. The van der Waals surface area contributed by atoms with Gasteiger partial charge in [-0.05, 0) is 43.5 Å². The Labute approximate surface area is 130 Å². The van der Waals surface area contributed by atoms with Crippen LogP contribution < -0.4 is 5.73 Å². The highest BCUT2D eigenvalue weighted by atomic mass is 16.6. The highest BCUT2D eigenvalue weighted by Gasteiger charge is 2.06. The van der Waals surface area contributed by atoms with Crippen LogP contribution in [-0.2, 0) is 22.4 Å². The molecule has 1 heterocycles. The van der Waals surface area contributed by atoms with Crippen molar-refractivity contribution in [2.24, 2.45) is 5.73 Å². The highest BCUT2D eigenvalue weighted by molar-refractivity contribution is 5.80. The number of aryl methyl sites for hydroxylation is 2. The molecule has 1 aromatic carbocycles. The minimum atomic E-state index is -0.737. The number of carbonyl (C=O) groups is 1. The molecular formula is C17H22N2O3. The van der Waals surface area contributed by atoms with Crippen LogP contribution >= 0.6 is 0 Å². The summed E-state index contributed by atoms with van der Waals surface area (Å²) in [6.45, 7) is 2.35. The van der Waals surface area contributed by atoms with Gasteiger partial charge in [-0.1, -0.05) is 12.1 Å². The summed E-state index contributed by atoms with van der Waals surface area (Å²) >= 11 is 0. The first-order valence-corrected chi connectivity index (χ1v) is 7.55. The predicted octanol–water partition coefficient (Wildman–Crippen LogP) is 1.94. The van der Waals surface area contributed by atoms with Crippen LogP contribution in [0.2, 0.25) is 0 Å². The van der Waals surface area contributed by atoms with Gasteiger partial charge in [-0.3, -0.25) is 9.78 Å². The number of aliphatic hydroxyl groups excluding tert-OH is 1. The van der Waals surface area contributed by atoms with Gasteiger partial charge in [0, 0.05) is 30.5 Å². The van der Waals surface area contributed by atoms with Crippen molar-refractivity contribution in [3.63, 3.8) is 0 Å². The normalized spacial score (nSPS) is 12.5. The standard InChI is InChI=1S/C17H22N2O3/c1-2-22-17(21)10-7-14-6-5-13-11-12(4-9-16(18)20)3-8-15(13)19-14/h3,5-6,8,11,17,21H,2,4,7,9-10H2,1H3,(H2,18,20). The number of aliphatic hydroxyl groups is 1. The number of benzene rings is 1. The zero-order valence-electron chi connectivity index (χ0n) is 12.8. The van der Waals surface area contributed by atoms with Gasteiger partial charge in [0.2, 0.25) is 5.91 Å². The molecule has 0 saturated carbocycles. The minimum absolute atomic E-state index is 0.290. The van der Waals surface area contributed by atoms with Crippen molar-refractivity contribution in [3.05, 3.63) is 41.6 Å². The number of ether oxygens (including phenoxy) is 1. The van der Waals surface area contributed by atoms with E-state index in [1.165, 1.54) is 0 Å². The predicted molar refractivity (Wildman–Crippen MR) is 85.2 cm³/mol. The van der Waals surface area contributed by atoms with Crippen LogP contribution in [-0.4, -0.2) is 28.9 Å². The second kappa shape index (κ2) is 7.87. The van der Waals surface area contributed by atoms with Crippen molar-refractivity contribution in [2.45, 2.75) is 38.9 Å². The Balaban J connectivity index is 2.04. The van der Waals surface area contributed by atoms with Crippen molar-refractivity contribution in [1.82, 2.24) is 4.98 Å². The van der Waals surface area contributed by atoms with Crippen LogP contribution in [0.3, 0.4) is 0 Å². The van der Waals surface area contributed by atoms with E-state index in [-0.39, 0.29) is 5.91 Å². The third kappa shape index (κ3) is 4.79. The Morgan fingerprint density at radius 3 is 2.86 bits per heavy atom. The lowest BCUT2D eigenvalue weighted by Crippen LogP contribution is -2.12. The molecule has 118 valence electrons. The summed E-state index contributed by atoms with van der Waals surface area (Å²) in [5.41, 5.74) is 8.08. The number of nitrogens with zero attached hydrogens (tertiary/aromatic N) is 1. The Bertz CT molecular complexity index is 643. The smallest absolute Gasteiger partial charge is 0.217 e. The molecule has 0 aliphatic heterocycles. The maximum atomic E-state index is 10.8. The average molecular weight is 302 g/mol. The van der Waals surface area contributed by atoms with Crippen LogP contribution in [0.25, 0.3) is 10.9 Å². The Hall–Kier alpha value is -1.98. The topological polar surface area (TPSA) is 85.4 Å². The quantitative estimate of drug-likeness (QED) is 0.730. The Kier molecular flexibility index (Phi) is 5.86. The number of amides is 1. The van der Waals surface area contributed by atoms with E-state index >= 15 is 0 Å². The van der Waals surface area contributed by atoms with Crippen molar-refractivity contribution < 1.29 is 14.6 Å². The second-order valence-corrected chi connectivity index (χ2v) is 5.24. The summed E-state index contributed by atoms with van der Waals surface area (Å²) in [5, 5.41) is 10.6. The van der Waals surface area contributed by atoms with E-state index in [1.54, 1.807) is 0 Å². The molecule has 3 N–H and O–H groups in total. The van der Waals surface area contributed by atoms with Gasteiger partial charge in [-0.25, -0.2) is 0 Å². The third-order valence-electron chi connectivity index (χ3n) is 3.48. The number of rotatable bonds is 8. The minimum Gasteiger partial charge on any atom is -0.370 e. The lowest BCUT2D eigenvalue weighted by Gasteiger charge is -2.10. The van der Waals surface area contributed by atoms with E-state index in [0.717, 1.165) is 22.2 Å². The van der Waals surface area contributed by atoms with Crippen LogP contribution in [0.15, 0.2) is 30.3 Å². The number of primary amides is 1. The van der Waals surface area contributed by atoms with Gasteiger partial charge < -0.3 is 15.6 Å². The molecule has 1 unspecified atom stereocenters. The number of aromatic nitrogens is 1. The fourth-order valence-corrected chi connectivity index (χ4v) is 2.33. The number of hydrogen-bond donors (Lipinski definition) is 2. The molecule has 1 aromatic heterocycles. The first-order valence-electron chi connectivity index (χ1n) is 7.55. The summed E-state index contributed by atoms with van der Waals surface area (Å²) in [4.78, 5) is 15.4. The molecule has 2 rings (SSSR count). The molecule has 0 fully saturated rings. The molecule has 5 nitrogen and oxygen atoms in total. The number of nitrogens with two attached hydrogens (primary N) is 1. The molecule has 1 amide bonds. The lowest BCUT2D eigenvalue weighted by atomic mass is 10.1. The summed E-state index contributed by atoms with van der Waals surface area (Å²) in [6.07, 6.45) is 1.46. The Morgan fingerprint density at radius 1 is 1.32 bits per heavy atom. The summed E-state index contributed by atoms with van der Waals surface area (Å²) < 4.78 is 5.10. The van der Waals surface area contributed by atoms with Gasteiger partial charge in [-0.15, -0.1) is 0 Å². The largest absolute Gasteiger partial charge is 0.370 e. The number of fused-ring (bicyclic) bond motifs is 1. The van der Waals surface area contributed by atoms with Gasteiger partial charge in [0.05, 0.1) is 5.52 Å². The number of hydrogen-bond acceptors (Lipinski definition) is 4. The van der Waals surface area contributed by atoms with Crippen molar-refractivity contribution in [3.8, 4) is 0 Å². The first-order chi connectivity index (χ1) is 10.6. The van der Waals surface area contributed by atoms with Crippen molar-refractivity contribution in [1.29, 1.82) is 0 Å². The summed E-state index contributed by atoms with van der Waals surface area (Å²) in [7, 11) is 0. The fourth-order valence-electron chi connectivity index (χ4n) is 2.33. The van der Waals surface area contributed by atoms with Crippen molar-refractivity contribution in [2.75, 3.05) is 6.61 Å². The summed E-state index contributed by atoms with van der Waals surface area (Å²) in [5.74, 6) is -0.290. The van der Waals surface area contributed by atoms with Gasteiger partial charge in [-0.2, -0.15) is 0 Å². The third-order valence-corrected chi connectivity index (χ3v) is 3.48. The van der Waals surface area contributed by atoms with E-state index in [0.29, 0.717) is 32.3 Å². The molecule has 5 heteroatoms. The first kappa shape index (κ1) is 16.4. The fraction of sp³-hybridized carbons (Fsp3) is 0.412. The average Bonchev–Trinajstić information content (AvgIpc) is 2.51. The van der Waals surface area contributed by atoms with Crippen LogP contribution in [0.4, 0.5) is 0 Å². The van der Waals surface area contributed by atoms with E-state index < -0.39 is 6.29 Å². The molecule has 0 bridgehead atoms. The molecule has 2 aromatic rings. The zero-order valence-corrected chi connectivity index (χ0v) is 12.8. The monoisotopic (exact) mass is 302 g/mol. The van der Waals surface area contributed by atoms with E-state index in [1.807, 2.05) is 37.3 Å². The van der Waals surface area contributed by atoms with Gasteiger partial charge in [0.25, 0.3) is 0 Å². The number of carbonyl (C=O) groups excluding carboxylic acids is 1. The molecule has 0 spiro atoms. The van der Waals surface area contributed by atoms with Crippen LogP contribution in [0, 0.1) is 0 Å². The molecule has 0 aliphatic rings. The van der Waals surface area contributed by atoms with E-state index in [4.69, 9.17) is 10.5 Å². The summed E-state index contributed by atoms with van der Waals surface area (Å²) in [6, 6.07) is 9.92.